The summed E-state index contributed by atoms with van der Waals surface area (Å²) in [6, 6.07) is 21.0. The Kier molecular flexibility index (Phi) is 6.29. The highest BCUT2D eigenvalue weighted by molar-refractivity contribution is 5.99. The van der Waals surface area contributed by atoms with Crippen LogP contribution < -0.4 is 0 Å². The van der Waals surface area contributed by atoms with E-state index in [-0.39, 0.29) is 0 Å². The van der Waals surface area contributed by atoms with E-state index in [1.807, 2.05) is 6.07 Å². The number of aryl methyl sites for hydroxylation is 1. The molecule has 3 aromatic rings. The van der Waals surface area contributed by atoms with E-state index in [0.29, 0.717) is 0 Å². The molecule has 0 aliphatic carbocycles. The molecule has 0 heteroatoms. The summed E-state index contributed by atoms with van der Waals surface area (Å²) in [6.07, 6.45) is 12.3. The van der Waals surface area contributed by atoms with Crippen molar-refractivity contribution in [3.8, 4) is 0 Å². The third-order valence-corrected chi connectivity index (χ3v) is 5.05. The molecule has 24 heavy (non-hydrogen) atoms. The molecule has 0 spiro atoms. The van der Waals surface area contributed by atoms with E-state index < -0.39 is 0 Å². The lowest BCUT2D eigenvalue weighted by molar-refractivity contribution is 0.576. The van der Waals surface area contributed by atoms with Crippen LogP contribution in [0.1, 0.15) is 63.9 Å². The third-order valence-electron chi connectivity index (χ3n) is 5.05. The van der Waals surface area contributed by atoms with E-state index in [2.05, 4.69) is 55.5 Å². The van der Waals surface area contributed by atoms with Crippen molar-refractivity contribution in [3.05, 3.63) is 60.2 Å². The van der Waals surface area contributed by atoms with E-state index >= 15 is 0 Å². The highest BCUT2D eigenvalue weighted by Gasteiger charge is 2.03. The first-order valence-electron chi connectivity index (χ1n) is 9.70. The molecule has 0 aromatic heterocycles. The molecule has 0 nitrogen and oxygen atoms in total. The minimum atomic E-state index is 1.20. The zero-order valence-electron chi connectivity index (χ0n) is 15.0. The summed E-state index contributed by atoms with van der Waals surface area (Å²) in [5.74, 6) is 0. The van der Waals surface area contributed by atoms with Gasteiger partial charge in [-0.15, -0.1) is 0 Å². The number of hydrogen-bond acceptors (Lipinski definition) is 0. The molecule has 0 saturated carbocycles. The van der Waals surface area contributed by atoms with Crippen molar-refractivity contribution in [2.45, 2.75) is 64.7 Å². The van der Waals surface area contributed by atoms with Gasteiger partial charge in [-0.2, -0.15) is 0 Å². The second kappa shape index (κ2) is 8.87. The monoisotopic (exact) mass is 317 g/mol. The van der Waals surface area contributed by atoms with Crippen LogP contribution in [0.15, 0.2) is 48.5 Å². The fraction of sp³-hybridized carbons (Fsp3) is 0.417. The highest BCUT2D eigenvalue weighted by Crippen LogP contribution is 2.26. The normalized spacial score (nSPS) is 11.4. The average molecular weight is 317 g/mol. The second-order valence-corrected chi connectivity index (χ2v) is 6.97. The average Bonchev–Trinajstić information content (AvgIpc) is 2.62. The summed E-state index contributed by atoms with van der Waals surface area (Å²) in [6.45, 7) is 2.28. The van der Waals surface area contributed by atoms with Crippen LogP contribution in [0.3, 0.4) is 0 Å². The molecule has 3 aromatic carbocycles. The summed E-state index contributed by atoms with van der Waals surface area (Å²) >= 11 is 0. The molecule has 0 N–H and O–H groups in total. The smallest absolute Gasteiger partial charge is 0.00987 e. The van der Waals surface area contributed by atoms with Crippen molar-refractivity contribution in [1.29, 1.82) is 0 Å². The lowest BCUT2D eigenvalue weighted by Gasteiger charge is -2.08. The highest BCUT2D eigenvalue weighted by atomic mass is 14.1. The van der Waals surface area contributed by atoms with Crippen LogP contribution in [0.2, 0.25) is 0 Å². The van der Waals surface area contributed by atoms with Crippen LogP contribution in [0.25, 0.3) is 21.5 Å². The Labute approximate surface area is 146 Å². The van der Waals surface area contributed by atoms with Crippen LogP contribution in [-0.2, 0) is 6.42 Å². The van der Waals surface area contributed by atoms with Gasteiger partial charge in [-0.05, 0) is 58.1 Å². The van der Waals surface area contributed by atoms with E-state index in [1.54, 1.807) is 0 Å². The van der Waals surface area contributed by atoms with Crippen LogP contribution in [0, 0.1) is 6.07 Å². The summed E-state index contributed by atoms with van der Waals surface area (Å²) in [5.41, 5.74) is 1.50. The third kappa shape index (κ3) is 4.38. The summed E-state index contributed by atoms with van der Waals surface area (Å²) in [5, 5.41) is 5.29. The molecule has 0 bridgehead atoms. The SMILES string of the molecule is CCCCCCCCCCc1cccc2cc3ccc[c]c3cc12. The maximum atomic E-state index is 3.37. The summed E-state index contributed by atoms with van der Waals surface area (Å²) in [7, 11) is 0. The van der Waals surface area contributed by atoms with Gasteiger partial charge in [0.25, 0.3) is 0 Å². The molecule has 0 atom stereocenters. The van der Waals surface area contributed by atoms with Gasteiger partial charge in [-0.1, -0.05) is 88.3 Å². The topological polar surface area (TPSA) is 0 Å². The number of benzene rings is 3. The zero-order chi connectivity index (χ0) is 16.6. The van der Waals surface area contributed by atoms with Gasteiger partial charge in [0.15, 0.2) is 0 Å². The maximum Gasteiger partial charge on any atom is -0.00987 e. The first kappa shape index (κ1) is 17.0. The van der Waals surface area contributed by atoms with Gasteiger partial charge >= 0.3 is 0 Å². The lowest BCUT2D eigenvalue weighted by Crippen LogP contribution is -1.89. The van der Waals surface area contributed by atoms with Gasteiger partial charge in [0.05, 0.1) is 0 Å². The zero-order valence-corrected chi connectivity index (χ0v) is 15.0. The van der Waals surface area contributed by atoms with Crippen molar-refractivity contribution in [3.63, 3.8) is 0 Å². The number of unbranched alkanes of at least 4 members (excludes halogenated alkanes) is 7. The van der Waals surface area contributed by atoms with Gasteiger partial charge in [0, 0.05) is 0 Å². The number of fused-ring (bicyclic) bond motifs is 2. The molecule has 3 rings (SSSR count). The first-order chi connectivity index (χ1) is 11.9. The maximum absolute atomic E-state index is 3.37. The molecule has 0 aliphatic heterocycles. The van der Waals surface area contributed by atoms with Crippen LogP contribution in [-0.4, -0.2) is 0 Å². The van der Waals surface area contributed by atoms with Crippen molar-refractivity contribution in [1.82, 2.24) is 0 Å². The van der Waals surface area contributed by atoms with Gasteiger partial charge in [-0.25, -0.2) is 0 Å². The molecule has 0 unspecified atom stereocenters. The molecule has 0 fully saturated rings. The Morgan fingerprint density at radius 3 is 2.33 bits per heavy atom. The predicted molar refractivity (Wildman–Crippen MR) is 107 cm³/mol. The molecule has 0 aliphatic rings. The van der Waals surface area contributed by atoms with Crippen LogP contribution >= 0.6 is 0 Å². The first-order valence-corrected chi connectivity index (χ1v) is 9.70. The van der Waals surface area contributed by atoms with Crippen molar-refractivity contribution >= 4 is 21.5 Å². The molecule has 1 radical (unpaired) electrons. The van der Waals surface area contributed by atoms with Gasteiger partial charge in [0.2, 0.25) is 0 Å². The van der Waals surface area contributed by atoms with Crippen LogP contribution in [0.4, 0.5) is 0 Å². The number of rotatable bonds is 9. The summed E-state index contributed by atoms with van der Waals surface area (Å²) in [4.78, 5) is 0. The van der Waals surface area contributed by atoms with Crippen LogP contribution in [0.5, 0.6) is 0 Å². The fourth-order valence-corrected chi connectivity index (χ4v) is 3.63. The standard InChI is InChI=1S/C24H29/c1-2-3-4-5-6-7-8-9-13-20-16-12-17-23-18-21-14-10-11-15-22(21)19-24(20)23/h10-12,14,16-19H,2-9,13H2,1H3. The molecular formula is C24H29. The van der Waals surface area contributed by atoms with Crippen molar-refractivity contribution in [2.75, 3.05) is 0 Å². The largest absolute Gasteiger partial charge is 0.0654 e. The molecule has 0 saturated heterocycles. The van der Waals surface area contributed by atoms with E-state index in [9.17, 15) is 0 Å². The minimum Gasteiger partial charge on any atom is -0.0654 e. The van der Waals surface area contributed by atoms with Crippen molar-refractivity contribution < 1.29 is 0 Å². The fourth-order valence-electron chi connectivity index (χ4n) is 3.63. The predicted octanol–water partition coefficient (Wildman–Crippen LogP) is 7.48. The molecule has 0 amide bonds. The van der Waals surface area contributed by atoms with E-state index in [0.717, 1.165) is 0 Å². The molecular weight excluding hydrogens is 288 g/mol. The van der Waals surface area contributed by atoms with Gasteiger partial charge in [-0.3, -0.25) is 0 Å². The Morgan fingerprint density at radius 1 is 0.750 bits per heavy atom. The summed E-state index contributed by atoms with van der Waals surface area (Å²) < 4.78 is 0. The number of hydrogen-bond donors (Lipinski definition) is 0. The second-order valence-electron chi connectivity index (χ2n) is 6.97. The quantitative estimate of drug-likeness (QED) is 0.283. The van der Waals surface area contributed by atoms with Gasteiger partial charge < -0.3 is 0 Å². The molecule has 0 heterocycles. The van der Waals surface area contributed by atoms with E-state index in [4.69, 9.17) is 0 Å². The Hall–Kier alpha value is -1.82. The van der Waals surface area contributed by atoms with Crippen molar-refractivity contribution in [2.24, 2.45) is 0 Å². The minimum absolute atomic E-state index is 1.20. The van der Waals surface area contributed by atoms with E-state index in [1.165, 1.54) is 84.9 Å². The molecule has 125 valence electrons. The lowest BCUT2D eigenvalue weighted by atomic mass is 9.96. The Balaban J connectivity index is 1.59. The Bertz CT molecular complexity index is 769. The van der Waals surface area contributed by atoms with Gasteiger partial charge in [0.1, 0.15) is 0 Å². The Morgan fingerprint density at radius 2 is 1.50 bits per heavy atom.